The van der Waals surface area contributed by atoms with Crippen molar-refractivity contribution in [3.05, 3.63) is 35.9 Å². The molecule has 4 rings (SSSR count). The van der Waals surface area contributed by atoms with Crippen molar-refractivity contribution in [2.24, 2.45) is 0 Å². The molecule has 33 heavy (non-hydrogen) atoms. The van der Waals surface area contributed by atoms with Crippen LogP contribution in [-0.2, 0) is 11.3 Å². The zero-order chi connectivity index (χ0) is 23.0. The second-order valence-corrected chi connectivity index (χ2v) is 9.43. The first kappa shape index (κ1) is 24.0. The molecule has 0 atom stereocenters. The third kappa shape index (κ3) is 6.95. The lowest BCUT2D eigenvalue weighted by Gasteiger charge is -2.34. The Labute approximate surface area is 201 Å². The number of nitrogens with zero attached hydrogens (tertiary/aromatic N) is 2. The summed E-state index contributed by atoms with van der Waals surface area (Å²) in [7, 11) is 3.10. The van der Waals surface area contributed by atoms with E-state index in [0.717, 1.165) is 56.9 Å². The van der Waals surface area contributed by atoms with E-state index in [1.165, 1.54) is 0 Å². The lowest BCUT2D eigenvalue weighted by atomic mass is 9.91. The number of methoxy groups -OCH3 is 2. The number of para-hydroxylation sites is 1. The first-order chi connectivity index (χ1) is 16.1. The second-order valence-electron chi connectivity index (χ2n) is 8.81. The van der Waals surface area contributed by atoms with Gasteiger partial charge in [-0.1, -0.05) is 18.2 Å². The van der Waals surface area contributed by atoms with Gasteiger partial charge in [-0.3, -0.25) is 0 Å². The van der Waals surface area contributed by atoms with Crippen molar-refractivity contribution >= 4 is 11.6 Å². The highest BCUT2D eigenvalue weighted by Crippen LogP contribution is 2.30. The normalized spacial score (nSPS) is 25.4. The molecule has 2 aliphatic carbocycles. The van der Waals surface area contributed by atoms with Gasteiger partial charge in [-0.05, 0) is 57.4 Å². The smallest absolute Gasteiger partial charge is 0.328 e. The third-order valence-corrected chi connectivity index (χ3v) is 6.93. The summed E-state index contributed by atoms with van der Waals surface area (Å²) in [6.45, 7) is 0.715. The van der Waals surface area contributed by atoms with Crippen LogP contribution < -0.4 is 19.5 Å². The van der Waals surface area contributed by atoms with Gasteiger partial charge in [-0.15, -0.1) is 11.6 Å². The van der Waals surface area contributed by atoms with Crippen LogP contribution in [0.3, 0.4) is 0 Å². The van der Waals surface area contributed by atoms with Crippen molar-refractivity contribution in [1.82, 2.24) is 15.3 Å². The lowest BCUT2D eigenvalue weighted by Crippen LogP contribution is -2.37. The summed E-state index contributed by atoms with van der Waals surface area (Å²) in [5.74, 6) is 1.50. The van der Waals surface area contributed by atoms with Gasteiger partial charge in [-0.25, -0.2) is 0 Å². The maximum Gasteiger partial charge on any atom is 0.328 e. The first-order valence-corrected chi connectivity index (χ1v) is 12.3. The topological polar surface area (TPSA) is 74.7 Å². The molecular formula is C25H34ClN3O4. The van der Waals surface area contributed by atoms with Gasteiger partial charge in [0.2, 0.25) is 11.8 Å². The molecule has 0 saturated heterocycles. The van der Waals surface area contributed by atoms with Crippen LogP contribution in [0.1, 0.15) is 56.9 Å². The predicted octanol–water partition coefficient (Wildman–Crippen LogP) is 5.25. The molecule has 1 N–H and O–H groups in total. The summed E-state index contributed by atoms with van der Waals surface area (Å²) in [5, 5.41) is 4.04. The Morgan fingerprint density at radius 2 is 1.48 bits per heavy atom. The van der Waals surface area contributed by atoms with Gasteiger partial charge in [0.25, 0.3) is 0 Å². The molecule has 2 fully saturated rings. The van der Waals surface area contributed by atoms with Gasteiger partial charge >= 0.3 is 6.01 Å². The highest BCUT2D eigenvalue weighted by molar-refractivity contribution is 6.20. The monoisotopic (exact) mass is 475 g/mol. The SMILES string of the molecule is COc1cc(OC)nc(Oc2ccccc2CNC2CCC(OC3CCC(Cl)CC3)CC2)n1. The average molecular weight is 476 g/mol. The van der Waals surface area contributed by atoms with Crippen LogP contribution in [0.15, 0.2) is 30.3 Å². The van der Waals surface area contributed by atoms with Crippen molar-refractivity contribution in [3.63, 3.8) is 0 Å². The van der Waals surface area contributed by atoms with Crippen LogP contribution in [-0.4, -0.2) is 47.8 Å². The Morgan fingerprint density at radius 1 is 0.879 bits per heavy atom. The lowest BCUT2D eigenvalue weighted by molar-refractivity contribution is -0.0478. The highest BCUT2D eigenvalue weighted by Gasteiger charge is 2.26. The maximum absolute atomic E-state index is 6.37. The van der Waals surface area contributed by atoms with Crippen LogP contribution in [0.2, 0.25) is 0 Å². The number of halogens is 1. The van der Waals surface area contributed by atoms with Crippen molar-refractivity contribution in [2.45, 2.75) is 81.5 Å². The van der Waals surface area contributed by atoms with Gasteiger partial charge in [-0.2, -0.15) is 9.97 Å². The highest BCUT2D eigenvalue weighted by atomic mass is 35.5. The van der Waals surface area contributed by atoms with E-state index in [2.05, 4.69) is 21.4 Å². The largest absolute Gasteiger partial charge is 0.481 e. The Bertz CT molecular complexity index is 861. The average Bonchev–Trinajstić information content (AvgIpc) is 2.85. The van der Waals surface area contributed by atoms with E-state index in [0.29, 0.717) is 47.7 Å². The molecule has 2 aliphatic rings. The Morgan fingerprint density at radius 3 is 2.12 bits per heavy atom. The molecular weight excluding hydrogens is 442 g/mol. The van der Waals surface area contributed by atoms with E-state index in [4.69, 9.17) is 30.5 Å². The molecule has 0 spiro atoms. The molecule has 180 valence electrons. The van der Waals surface area contributed by atoms with Gasteiger partial charge in [0.1, 0.15) is 5.75 Å². The third-order valence-electron chi connectivity index (χ3n) is 6.49. The molecule has 1 aromatic carbocycles. The fraction of sp³-hybridized carbons (Fsp3) is 0.600. The van der Waals surface area contributed by atoms with Crippen LogP contribution in [0, 0.1) is 0 Å². The molecule has 0 bridgehead atoms. The number of rotatable bonds is 9. The van der Waals surface area contributed by atoms with Crippen LogP contribution in [0.4, 0.5) is 0 Å². The predicted molar refractivity (Wildman–Crippen MR) is 128 cm³/mol. The second kappa shape index (κ2) is 11.9. The van der Waals surface area contributed by atoms with Crippen molar-refractivity contribution in [1.29, 1.82) is 0 Å². The number of ether oxygens (including phenoxy) is 4. The molecule has 0 aliphatic heterocycles. The van der Waals surface area contributed by atoms with E-state index in [1.54, 1.807) is 20.3 Å². The van der Waals surface area contributed by atoms with Crippen molar-refractivity contribution < 1.29 is 18.9 Å². The molecule has 8 heteroatoms. The number of nitrogens with one attached hydrogen (secondary N) is 1. The standard InChI is InChI=1S/C25H34ClN3O4/c1-30-23-15-24(31-2)29-25(28-23)33-22-6-4-3-5-17(22)16-27-19-9-13-21(14-10-19)32-20-11-7-18(26)8-12-20/h3-6,15,18-21,27H,7-14,16H2,1-2H3. The van der Waals surface area contributed by atoms with Crippen LogP contribution >= 0.6 is 11.6 Å². The van der Waals surface area contributed by atoms with Gasteiger partial charge in [0, 0.05) is 23.5 Å². The fourth-order valence-corrected chi connectivity index (χ4v) is 4.83. The first-order valence-electron chi connectivity index (χ1n) is 11.9. The minimum absolute atomic E-state index is 0.194. The van der Waals surface area contributed by atoms with E-state index in [-0.39, 0.29) is 6.01 Å². The maximum atomic E-state index is 6.37. The quantitative estimate of drug-likeness (QED) is 0.496. The molecule has 2 aromatic rings. The van der Waals surface area contributed by atoms with E-state index >= 15 is 0 Å². The van der Waals surface area contributed by atoms with E-state index in [9.17, 15) is 0 Å². The molecule has 1 aromatic heterocycles. The zero-order valence-electron chi connectivity index (χ0n) is 19.5. The summed E-state index contributed by atoms with van der Waals surface area (Å²) < 4.78 is 22.8. The molecule has 0 amide bonds. The van der Waals surface area contributed by atoms with Gasteiger partial charge in [0.05, 0.1) is 32.5 Å². The van der Waals surface area contributed by atoms with Crippen LogP contribution in [0.5, 0.6) is 23.5 Å². The summed E-state index contributed by atoms with van der Waals surface area (Å²) >= 11 is 6.22. The van der Waals surface area contributed by atoms with E-state index in [1.807, 2.05) is 18.2 Å². The molecule has 0 radical (unpaired) electrons. The van der Waals surface area contributed by atoms with E-state index < -0.39 is 0 Å². The Balaban J connectivity index is 1.28. The van der Waals surface area contributed by atoms with Gasteiger partial charge in [0.15, 0.2) is 0 Å². The number of hydrogen-bond acceptors (Lipinski definition) is 7. The minimum atomic E-state index is 0.194. The minimum Gasteiger partial charge on any atom is -0.481 e. The van der Waals surface area contributed by atoms with Crippen molar-refractivity contribution in [2.75, 3.05) is 14.2 Å². The van der Waals surface area contributed by atoms with Crippen LogP contribution in [0.25, 0.3) is 0 Å². The fourth-order valence-electron chi connectivity index (χ4n) is 4.57. The molecule has 7 nitrogen and oxygen atoms in total. The molecule has 1 heterocycles. The number of aromatic nitrogens is 2. The Kier molecular flexibility index (Phi) is 8.64. The van der Waals surface area contributed by atoms with Gasteiger partial charge < -0.3 is 24.3 Å². The molecule has 2 saturated carbocycles. The molecule has 0 unspecified atom stereocenters. The summed E-state index contributed by atoms with van der Waals surface area (Å²) in [4.78, 5) is 8.54. The number of alkyl halides is 1. The summed E-state index contributed by atoms with van der Waals surface area (Å²) in [5.41, 5.74) is 1.05. The zero-order valence-corrected chi connectivity index (χ0v) is 20.2. The Hall–Kier alpha value is -2.09. The number of hydrogen-bond donors (Lipinski definition) is 1. The summed E-state index contributed by atoms with van der Waals surface area (Å²) in [6, 6.07) is 10.2. The summed E-state index contributed by atoms with van der Waals surface area (Å²) in [6.07, 6.45) is 9.60. The van der Waals surface area contributed by atoms with Crippen molar-refractivity contribution in [3.8, 4) is 23.5 Å². The number of benzene rings is 1.